The third-order valence-corrected chi connectivity index (χ3v) is 4.50. The number of sulfone groups is 1. The van der Waals surface area contributed by atoms with Crippen molar-refractivity contribution in [2.45, 2.75) is 25.9 Å². The van der Waals surface area contributed by atoms with Gasteiger partial charge in [0.05, 0.1) is 11.8 Å². The molecular weight excluding hydrogens is 276 g/mol. The highest BCUT2D eigenvalue weighted by Gasteiger charge is 2.24. The Kier molecular flexibility index (Phi) is 4.25. The van der Waals surface area contributed by atoms with E-state index in [2.05, 4.69) is 10.6 Å². The molecule has 0 saturated carbocycles. The Balaban J connectivity index is 1.89. The van der Waals surface area contributed by atoms with Crippen LogP contribution in [-0.2, 0) is 14.6 Å². The quantitative estimate of drug-likeness (QED) is 0.875. The lowest BCUT2D eigenvalue weighted by Gasteiger charge is -2.17. The highest BCUT2D eigenvalue weighted by molar-refractivity contribution is 7.94. The van der Waals surface area contributed by atoms with E-state index in [1.54, 1.807) is 13.0 Å². The number of benzene rings is 1. The SMILES string of the molecule is Cc1ccc(NC(=O)C(C)NC2C=CS(=O)(=O)C2)cc1. The van der Waals surface area contributed by atoms with Gasteiger partial charge in [0.2, 0.25) is 5.91 Å². The van der Waals surface area contributed by atoms with Crippen LogP contribution in [0.5, 0.6) is 0 Å². The molecule has 0 aromatic heterocycles. The first-order valence-electron chi connectivity index (χ1n) is 6.40. The second-order valence-corrected chi connectivity index (χ2v) is 6.94. The predicted octanol–water partition coefficient (Wildman–Crippen LogP) is 1.22. The van der Waals surface area contributed by atoms with Gasteiger partial charge in [-0.25, -0.2) is 8.42 Å². The molecule has 1 aliphatic heterocycles. The molecule has 2 rings (SSSR count). The maximum absolute atomic E-state index is 12.0. The van der Waals surface area contributed by atoms with Crippen LogP contribution in [-0.4, -0.2) is 32.2 Å². The molecule has 0 bridgehead atoms. The van der Waals surface area contributed by atoms with Gasteiger partial charge in [0.15, 0.2) is 9.84 Å². The lowest BCUT2D eigenvalue weighted by Crippen LogP contribution is -2.44. The van der Waals surface area contributed by atoms with Crippen LogP contribution >= 0.6 is 0 Å². The van der Waals surface area contributed by atoms with E-state index in [0.717, 1.165) is 11.3 Å². The fourth-order valence-corrected chi connectivity index (χ4v) is 3.21. The van der Waals surface area contributed by atoms with E-state index >= 15 is 0 Å². The Hall–Kier alpha value is -1.66. The van der Waals surface area contributed by atoms with E-state index in [-0.39, 0.29) is 17.7 Å². The van der Waals surface area contributed by atoms with Gasteiger partial charge < -0.3 is 5.32 Å². The minimum atomic E-state index is -3.11. The standard InChI is InChI=1S/C14H18N2O3S/c1-10-3-5-12(6-4-10)16-14(17)11(2)15-13-7-8-20(18,19)9-13/h3-8,11,13,15H,9H2,1-2H3,(H,16,17). The molecule has 1 aromatic rings. The molecule has 0 aliphatic carbocycles. The number of nitrogens with one attached hydrogen (secondary N) is 2. The highest BCUT2D eigenvalue weighted by atomic mass is 32.2. The Morgan fingerprint density at radius 2 is 1.95 bits per heavy atom. The first-order valence-corrected chi connectivity index (χ1v) is 8.12. The molecule has 2 N–H and O–H groups in total. The summed E-state index contributed by atoms with van der Waals surface area (Å²) in [5, 5.41) is 6.97. The summed E-state index contributed by atoms with van der Waals surface area (Å²) >= 11 is 0. The Morgan fingerprint density at radius 1 is 1.30 bits per heavy atom. The van der Waals surface area contributed by atoms with Crippen molar-refractivity contribution in [3.8, 4) is 0 Å². The van der Waals surface area contributed by atoms with Gasteiger partial charge in [-0.3, -0.25) is 10.1 Å². The average molecular weight is 294 g/mol. The third kappa shape index (κ3) is 3.91. The van der Waals surface area contributed by atoms with E-state index in [1.807, 2.05) is 31.2 Å². The van der Waals surface area contributed by atoms with Crippen LogP contribution in [0.25, 0.3) is 0 Å². The van der Waals surface area contributed by atoms with Crippen molar-refractivity contribution in [1.29, 1.82) is 0 Å². The summed E-state index contributed by atoms with van der Waals surface area (Å²) < 4.78 is 22.6. The van der Waals surface area contributed by atoms with Gasteiger partial charge >= 0.3 is 0 Å². The monoisotopic (exact) mass is 294 g/mol. The number of anilines is 1. The molecule has 2 unspecified atom stereocenters. The largest absolute Gasteiger partial charge is 0.325 e. The zero-order valence-electron chi connectivity index (χ0n) is 11.5. The molecule has 20 heavy (non-hydrogen) atoms. The van der Waals surface area contributed by atoms with Gasteiger partial charge in [0.1, 0.15) is 0 Å². The maximum Gasteiger partial charge on any atom is 0.241 e. The Labute approximate surface area is 119 Å². The van der Waals surface area contributed by atoms with Gasteiger partial charge in [-0.1, -0.05) is 23.8 Å². The summed E-state index contributed by atoms with van der Waals surface area (Å²) in [5.41, 5.74) is 1.85. The normalized spacial score (nSPS) is 21.6. The lowest BCUT2D eigenvalue weighted by molar-refractivity contribution is -0.117. The molecule has 1 amide bonds. The number of amides is 1. The molecule has 1 aromatic carbocycles. The Bertz CT molecular complexity index is 620. The molecule has 0 spiro atoms. The first-order chi connectivity index (χ1) is 9.35. The number of rotatable bonds is 4. The molecular formula is C14H18N2O3S. The number of carbonyl (C=O) groups excluding carboxylic acids is 1. The van der Waals surface area contributed by atoms with E-state index in [1.165, 1.54) is 5.41 Å². The zero-order chi connectivity index (χ0) is 14.8. The fraction of sp³-hybridized carbons (Fsp3) is 0.357. The number of carbonyl (C=O) groups is 1. The zero-order valence-corrected chi connectivity index (χ0v) is 12.3. The van der Waals surface area contributed by atoms with Crippen LogP contribution < -0.4 is 10.6 Å². The summed E-state index contributed by atoms with van der Waals surface area (Å²) in [4.78, 5) is 12.0. The van der Waals surface area contributed by atoms with Crippen LogP contribution in [0.4, 0.5) is 5.69 Å². The molecule has 1 heterocycles. The van der Waals surface area contributed by atoms with Crippen LogP contribution in [0.3, 0.4) is 0 Å². The topological polar surface area (TPSA) is 75.3 Å². The fourth-order valence-electron chi connectivity index (χ4n) is 1.96. The van der Waals surface area contributed by atoms with Gasteiger partial charge in [-0.05, 0) is 26.0 Å². The highest BCUT2D eigenvalue weighted by Crippen LogP contribution is 2.11. The van der Waals surface area contributed by atoms with Crippen LogP contribution in [0.1, 0.15) is 12.5 Å². The predicted molar refractivity (Wildman–Crippen MR) is 79.1 cm³/mol. The Morgan fingerprint density at radius 3 is 2.50 bits per heavy atom. The van der Waals surface area contributed by atoms with Gasteiger partial charge in [-0.15, -0.1) is 0 Å². The molecule has 6 heteroatoms. The van der Waals surface area contributed by atoms with E-state index in [9.17, 15) is 13.2 Å². The van der Waals surface area contributed by atoms with Crippen molar-refractivity contribution in [3.05, 3.63) is 41.3 Å². The molecule has 0 radical (unpaired) electrons. The number of aryl methyl sites for hydroxylation is 1. The second-order valence-electron chi connectivity index (χ2n) is 5.01. The third-order valence-electron chi connectivity index (χ3n) is 3.11. The van der Waals surface area contributed by atoms with Crippen LogP contribution in [0.2, 0.25) is 0 Å². The van der Waals surface area contributed by atoms with Crippen LogP contribution in [0, 0.1) is 6.92 Å². The van der Waals surface area contributed by atoms with Gasteiger partial charge in [0.25, 0.3) is 0 Å². The molecule has 2 atom stereocenters. The summed E-state index contributed by atoms with van der Waals surface area (Å²) in [6.45, 7) is 3.69. The maximum atomic E-state index is 12.0. The summed E-state index contributed by atoms with van der Waals surface area (Å²) in [6.07, 6.45) is 1.57. The first kappa shape index (κ1) is 14.7. The van der Waals surface area contributed by atoms with Crippen molar-refractivity contribution in [1.82, 2.24) is 5.32 Å². The van der Waals surface area contributed by atoms with Crippen molar-refractivity contribution >= 4 is 21.4 Å². The van der Waals surface area contributed by atoms with Gasteiger partial charge in [0, 0.05) is 17.1 Å². The minimum Gasteiger partial charge on any atom is -0.325 e. The average Bonchev–Trinajstić information content (AvgIpc) is 2.71. The summed E-state index contributed by atoms with van der Waals surface area (Å²) in [6, 6.07) is 6.72. The number of hydrogen-bond acceptors (Lipinski definition) is 4. The van der Waals surface area contributed by atoms with E-state index in [0.29, 0.717) is 0 Å². The molecule has 0 saturated heterocycles. The van der Waals surface area contributed by atoms with Crippen molar-refractivity contribution in [3.63, 3.8) is 0 Å². The molecule has 5 nitrogen and oxygen atoms in total. The van der Waals surface area contributed by atoms with Crippen molar-refractivity contribution < 1.29 is 13.2 Å². The second kappa shape index (κ2) is 5.76. The molecule has 1 aliphatic rings. The number of hydrogen-bond donors (Lipinski definition) is 2. The molecule has 108 valence electrons. The summed E-state index contributed by atoms with van der Waals surface area (Å²) in [7, 11) is -3.11. The van der Waals surface area contributed by atoms with E-state index < -0.39 is 15.9 Å². The summed E-state index contributed by atoms with van der Waals surface area (Å²) in [5.74, 6) is -0.179. The van der Waals surface area contributed by atoms with Crippen LogP contribution in [0.15, 0.2) is 35.7 Å². The van der Waals surface area contributed by atoms with Crippen molar-refractivity contribution in [2.24, 2.45) is 0 Å². The van der Waals surface area contributed by atoms with E-state index in [4.69, 9.17) is 0 Å². The molecule has 0 fully saturated rings. The van der Waals surface area contributed by atoms with Crippen molar-refractivity contribution in [2.75, 3.05) is 11.1 Å². The minimum absolute atomic E-state index is 0.00908. The smallest absolute Gasteiger partial charge is 0.241 e. The van der Waals surface area contributed by atoms with Gasteiger partial charge in [-0.2, -0.15) is 0 Å². The lowest BCUT2D eigenvalue weighted by atomic mass is 10.2.